The number of carbonyl (C=O) groups is 1. The first kappa shape index (κ1) is 12.6. The molecule has 1 aromatic rings. The second kappa shape index (κ2) is 5.23. The summed E-state index contributed by atoms with van der Waals surface area (Å²) < 4.78 is 0. The lowest BCUT2D eigenvalue weighted by Gasteiger charge is -2.23. The number of hydrogen-bond donors (Lipinski definition) is 3. The van der Waals surface area contributed by atoms with Crippen molar-refractivity contribution in [1.82, 2.24) is 0 Å². The Labute approximate surface area is 106 Å². The van der Waals surface area contributed by atoms with Gasteiger partial charge >= 0.3 is 5.97 Å². The predicted molar refractivity (Wildman–Crippen MR) is 70.5 cm³/mol. The average molecular weight is 247 g/mol. The maximum absolute atomic E-state index is 10.9. The zero-order valence-corrected chi connectivity index (χ0v) is 10.3. The number of allylic oxidation sites excluding steroid dienone is 1. The van der Waals surface area contributed by atoms with E-state index in [0.29, 0.717) is 5.69 Å². The van der Waals surface area contributed by atoms with Gasteiger partial charge in [-0.3, -0.25) is 0 Å². The van der Waals surface area contributed by atoms with Crippen LogP contribution < -0.4 is 5.32 Å². The van der Waals surface area contributed by atoms with Crippen molar-refractivity contribution in [1.29, 1.82) is 0 Å². The molecule has 0 bridgehead atoms. The molecule has 0 spiro atoms. The summed E-state index contributed by atoms with van der Waals surface area (Å²) in [6.07, 6.45) is 4.09. The Morgan fingerprint density at radius 1 is 1.44 bits per heavy atom. The van der Waals surface area contributed by atoms with Crippen molar-refractivity contribution in [3.05, 3.63) is 35.4 Å². The number of fused-ring (bicyclic) bond motifs is 1. The summed E-state index contributed by atoms with van der Waals surface area (Å²) in [6, 6.07) is 4.97. The summed E-state index contributed by atoms with van der Waals surface area (Å²) in [4.78, 5) is 10.9. The molecule has 0 aromatic heterocycles. The van der Waals surface area contributed by atoms with E-state index in [1.165, 1.54) is 0 Å². The van der Waals surface area contributed by atoms with E-state index in [1.54, 1.807) is 24.3 Å². The van der Waals surface area contributed by atoms with Gasteiger partial charge in [0.15, 0.2) is 0 Å². The summed E-state index contributed by atoms with van der Waals surface area (Å²) in [7, 11) is 0. The Balaban J connectivity index is 2.35. The fourth-order valence-electron chi connectivity index (χ4n) is 2.14. The number of aliphatic hydroxyl groups is 1. The number of carboxylic acid groups (broad SMARTS) is 1. The number of anilines is 1. The molecule has 0 aliphatic carbocycles. The Morgan fingerprint density at radius 3 is 2.89 bits per heavy atom. The third kappa shape index (κ3) is 2.54. The first-order valence-electron chi connectivity index (χ1n) is 6.15. The monoisotopic (exact) mass is 247 g/mol. The fourth-order valence-corrected chi connectivity index (χ4v) is 2.14. The van der Waals surface area contributed by atoms with Gasteiger partial charge in [-0.05, 0) is 36.6 Å². The van der Waals surface area contributed by atoms with Crippen LogP contribution in [0.3, 0.4) is 0 Å². The lowest BCUT2D eigenvalue weighted by molar-refractivity contribution is 0.0697. The van der Waals surface area contributed by atoms with Crippen molar-refractivity contribution >= 4 is 17.2 Å². The Kier molecular flexibility index (Phi) is 3.67. The van der Waals surface area contributed by atoms with Crippen LogP contribution in [0.2, 0.25) is 0 Å². The van der Waals surface area contributed by atoms with Crippen LogP contribution in [0, 0.1) is 0 Å². The molecule has 0 fully saturated rings. The molecule has 1 aliphatic rings. The number of aromatic carboxylic acids is 1. The van der Waals surface area contributed by atoms with Crippen LogP contribution in [-0.4, -0.2) is 22.4 Å². The third-order valence-electron chi connectivity index (χ3n) is 3.07. The molecule has 0 amide bonds. The molecular formula is C14H17NO3. The van der Waals surface area contributed by atoms with E-state index in [2.05, 4.69) is 12.2 Å². The van der Waals surface area contributed by atoms with E-state index in [4.69, 9.17) is 5.11 Å². The zero-order chi connectivity index (χ0) is 13.1. The van der Waals surface area contributed by atoms with Gasteiger partial charge in [-0.15, -0.1) is 0 Å². The van der Waals surface area contributed by atoms with Crippen molar-refractivity contribution < 1.29 is 15.0 Å². The van der Waals surface area contributed by atoms with E-state index in [-0.39, 0.29) is 5.56 Å². The minimum Gasteiger partial charge on any atom is -0.478 e. The fraction of sp³-hybridized carbons (Fsp3) is 0.357. The first-order chi connectivity index (χ1) is 8.61. The molecule has 0 saturated heterocycles. The SMILES string of the molecule is CCCCC1=CC(O)Nc2cc(C(=O)O)ccc21. The van der Waals surface area contributed by atoms with Gasteiger partial charge in [0.25, 0.3) is 0 Å². The molecule has 0 saturated carbocycles. The second-order valence-electron chi connectivity index (χ2n) is 4.45. The van der Waals surface area contributed by atoms with Crippen molar-refractivity contribution in [3.63, 3.8) is 0 Å². The van der Waals surface area contributed by atoms with Gasteiger partial charge in [-0.25, -0.2) is 4.79 Å². The molecule has 96 valence electrons. The highest BCUT2D eigenvalue weighted by atomic mass is 16.4. The molecule has 1 heterocycles. The smallest absolute Gasteiger partial charge is 0.335 e. The maximum Gasteiger partial charge on any atom is 0.335 e. The summed E-state index contributed by atoms with van der Waals surface area (Å²) in [5.74, 6) is -0.959. The van der Waals surface area contributed by atoms with Gasteiger partial charge in [0.1, 0.15) is 6.23 Å². The highest BCUT2D eigenvalue weighted by Gasteiger charge is 2.18. The van der Waals surface area contributed by atoms with Crippen molar-refractivity contribution in [3.8, 4) is 0 Å². The average Bonchev–Trinajstić information content (AvgIpc) is 2.34. The number of rotatable bonds is 4. The highest BCUT2D eigenvalue weighted by Crippen LogP contribution is 2.33. The topological polar surface area (TPSA) is 69.6 Å². The number of benzene rings is 1. The molecular weight excluding hydrogens is 230 g/mol. The van der Waals surface area contributed by atoms with Crippen LogP contribution >= 0.6 is 0 Å². The minimum atomic E-state index is -0.959. The zero-order valence-electron chi connectivity index (χ0n) is 10.3. The molecule has 1 atom stereocenters. The van der Waals surface area contributed by atoms with E-state index in [0.717, 1.165) is 30.4 Å². The van der Waals surface area contributed by atoms with Gasteiger partial charge in [0.2, 0.25) is 0 Å². The van der Waals surface area contributed by atoms with Gasteiger partial charge in [0, 0.05) is 11.3 Å². The van der Waals surface area contributed by atoms with Crippen molar-refractivity contribution in [2.75, 3.05) is 5.32 Å². The van der Waals surface area contributed by atoms with Gasteiger partial charge in [0.05, 0.1) is 5.56 Å². The number of carboxylic acids is 1. The van der Waals surface area contributed by atoms with E-state index in [1.807, 2.05) is 0 Å². The lowest BCUT2D eigenvalue weighted by atomic mass is 9.94. The molecule has 4 heteroatoms. The predicted octanol–water partition coefficient (Wildman–Crippen LogP) is 2.70. The molecule has 1 aromatic carbocycles. The quantitative estimate of drug-likeness (QED) is 0.765. The number of hydrogen-bond acceptors (Lipinski definition) is 3. The van der Waals surface area contributed by atoms with Gasteiger partial charge < -0.3 is 15.5 Å². The molecule has 0 radical (unpaired) electrons. The van der Waals surface area contributed by atoms with Crippen molar-refractivity contribution in [2.24, 2.45) is 0 Å². The van der Waals surface area contributed by atoms with Crippen molar-refractivity contribution in [2.45, 2.75) is 32.4 Å². The highest BCUT2D eigenvalue weighted by molar-refractivity contribution is 5.91. The molecule has 1 aliphatic heterocycles. The summed E-state index contributed by atoms with van der Waals surface area (Å²) in [5, 5.41) is 21.6. The van der Waals surface area contributed by atoms with Crippen LogP contribution in [0.25, 0.3) is 5.57 Å². The van der Waals surface area contributed by atoms with Crippen LogP contribution in [0.5, 0.6) is 0 Å². The molecule has 1 unspecified atom stereocenters. The van der Waals surface area contributed by atoms with Gasteiger partial charge in [-0.2, -0.15) is 0 Å². The normalized spacial score (nSPS) is 17.7. The Morgan fingerprint density at radius 2 is 2.22 bits per heavy atom. The standard InChI is InChI=1S/C14H17NO3/c1-2-3-4-9-8-13(16)15-12-7-10(14(17)18)5-6-11(9)12/h5-8,13,15-16H,2-4H2,1H3,(H,17,18). The second-order valence-corrected chi connectivity index (χ2v) is 4.45. The Bertz CT molecular complexity index is 494. The minimum absolute atomic E-state index is 0.227. The molecule has 3 N–H and O–H groups in total. The number of aliphatic hydroxyl groups excluding tert-OH is 1. The molecule has 18 heavy (non-hydrogen) atoms. The van der Waals surface area contributed by atoms with E-state index in [9.17, 15) is 9.90 Å². The van der Waals surface area contributed by atoms with E-state index < -0.39 is 12.2 Å². The number of unbranched alkanes of at least 4 members (excludes halogenated alkanes) is 1. The van der Waals surface area contributed by atoms with Crippen LogP contribution in [-0.2, 0) is 0 Å². The van der Waals surface area contributed by atoms with Gasteiger partial charge in [-0.1, -0.05) is 19.4 Å². The third-order valence-corrected chi connectivity index (χ3v) is 3.07. The summed E-state index contributed by atoms with van der Waals surface area (Å²) in [6.45, 7) is 2.12. The lowest BCUT2D eigenvalue weighted by Crippen LogP contribution is -2.21. The van der Waals surface area contributed by atoms with E-state index >= 15 is 0 Å². The largest absolute Gasteiger partial charge is 0.478 e. The molecule has 4 nitrogen and oxygen atoms in total. The van der Waals surface area contributed by atoms with Crippen LogP contribution in [0.15, 0.2) is 24.3 Å². The maximum atomic E-state index is 10.9. The summed E-state index contributed by atoms with van der Waals surface area (Å²) in [5.41, 5.74) is 2.98. The Hall–Kier alpha value is -1.81. The molecule has 2 rings (SSSR count). The van der Waals surface area contributed by atoms with Crippen LogP contribution in [0.4, 0.5) is 5.69 Å². The first-order valence-corrected chi connectivity index (χ1v) is 6.15. The number of nitrogens with one attached hydrogen (secondary N) is 1. The van der Waals surface area contributed by atoms with Crippen LogP contribution in [0.1, 0.15) is 42.1 Å². The summed E-state index contributed by atoms with van der Waals surface area (Å²) >= 11 is 0.